The number of benzene rings is 2. The predicted molar refractivity (Wildman–Crippen MR) is 141 cm³/mol. The number of esters is 1. The molecule has 0 aliphatic carbocycles. The van der Waals surface area contributed by atoms with Crippen LogP contribution in [0.25, 0.3) is 17.2 Å². The average molecular weight is 550 g/mol. The summed E-state index contributed by atoms with van der Waals surface area (Å²) in [6.45, 7) is 0.112. The summed E-state index contributed by atoms with van der Waals surface area (Å²) in [6, 6.07) is 11.3. The number of ether oxygens (including phenoxy) is 3. The highest BCUT2D eigenvalue weighted by atomic mass is 16.6. The first-order valence-corrected chi connectivity index (χ1v) is 12.3. The van der Waals surface area contributed by atoms with Crippen LogP contribution in [0.2, 0.25) is 0 Å². The number of rotatable bonds is 9. The van der Waals surface area contributed by atoms with Gasteiger partial charge in [-0.3, -0.25) is 4.57 Å². The third-order valence-corrected chi connectivity index (χ3v) is 6.37. The lowest BCUT2D eigenvalue weighted by atomic mass is 10.1. The van der Waals surface area contributed by atoms with Gasteiger partial charge in [0.15, 0.2) is 34.7 Å². The molecule has 0 unspecified atom stereocenters. The number of phenols is 2. The number of carbonyl (C=O) groups excluding carboxylic acids is 1. The van der Waals surface area contributed by atoms with Crippen LogP contribution in [0.1, 0.15) is 17.4 Å². The molecule has 1 saturated heterocycles. The van der Waals surface area contributed by atoms with Gasteiger partial charge in [0.25, 0.3) is 0 Å². The van der Waals surface area contributed by atoms with Gasteiger partial charge in [-0.15, -0.1) is 0 Å². The van der Waals surface area contributed by atoms with Crippen molar-refractivity contribution in [2.24, 2.45) is 0 Å². The van der Waals surface area contributed by atoms with Gasteiger partial charge >= 0.3 is 5.97 Å². The van der Waals surface area contributed by atoms with Gasteiger partial charge in [0.2, 0.25) is 0 Å². The summed E-state index contributed by atoms with van der Waals surface area (Å²) in [7, 11) is 1.42. The van der Waals surface area contributed by atoms with E-state index in [1.807, 2.05) is 0 Å². The van der Waals surface area contributed by atoms with Crippen LogP contribution in [0.15, 0.2) is 61.2 Å². The van der Waals surface area contributed by atoms with E-state index in [1.165, 1.54) is 42.5 Å². The van der Waals surface area contributed by atoms with Gasteiger partial charge in [0.05, 0.1) is 13.4 Å². The van der Waals surface area contributed by atoms with E-state index in [9.17, 15) is 25.2 Å². The highest BCUT2D eigenvalue weighted by Crippen LogP contribution is 2.32. The Morgan fingerprint density at radius 3 is 2.67 bits per heavy atom. The highest BCUT2D eigenvalue weighted by molar-refractivity contribution is 5.87. The van der Waals surface area contributed by atoms with E-state index in [1.54, 1.807) is 36.4 Å². The van der Waals surface area contributed by atoms with Crippen molar-refractivity contribution in [1.82, 2.24) is 19.5 Å². The summed E-state index contributed by atoms with van der Waals surface area (Å²) in [4.78, 5) is 25.1. The molecule has 5 N–H and O–H groups in total. The molecule has 1 fully saturated rings. The molecule has 3 heterocycles. The van der Waals surface area contributed by atoms with Gasteiger partial charge in [-0.1, -0.05) is 18.2 Å². The van der Waals surface area contributed by atoms with Crippen LogP contribution in [0.4, 0.5) is 5.82 Å². The van der Waals surface area contributed by atoms with Crippen LogP contribution >= 0.6 is 0 Å². The molecule has 2 aromatic heterocycles. The lowest BCUT2D eigenvalue weighted by Gasteiger charge is -2.16. The number of nitrogens with one attached hydrogen (secondary N) is 1. The molecule has 208 valence electrons. The number of hydrogen-bond donors (Lipinski definition) is 5. The predicted octanol–water partition coefficient (Wildman–Crippen LogP) is 1.73. The fourth-order valence-corrected chi connectivity index (χ4v) is 4.24. The number of nitrogens with zero attached hydrogens (tertiary/aromatic N) is 4. The zero-order valence-corrected chi connectivity index (χ0v) is 21.3. The highest BCUT2D eigenvalue weighted by Gasteiger charge is 2.45. The Balaban J connectivity index is 1.22. The van der Waals surface area contributed by atoms with Crippen molar-refractivity contribution in [3.05, 3.63) is 72.3 Å². The summed E-state index contributed by atoms with van der Waals surface area (Å²) in [6.07, 6.45) is 0.716. The van der Waals surface area contributed by atoms with E-state index in [4.69, 9.17) is 14.2 Å². The maximum Gasteiger partial charge on any atom is 0.330 e. The van der Waals surface area contributed by atoms with Gasteiger partial charge in [-0.05, 0) is 41.5 Å². The van der Waals surface area contributed by atoms with E-state index >= 15 is 0 Å². The SMILES string of the molecule is COc1cc(/C=C/C(=O)OC[C@H]2O[C@@H](n3cnc4c(NCc5ccc(O)cc5)ncnc43)[C@H](O)[C@@H]2O)ccc1O. The Labute approximate surface area is 227 Å². The molecule has 0 bridgehead atoms. The van der Waals surface area contributed by atoms with Crippen LogP contribution in [0.3, 0.4) is 0 Å². The van der Waals surface area contributed by atoms with E-state index in [-0.39, 0.29) is 23.9 Å². The number of methoxy groups -OCH3 is 1. The Kier molecular flexibility index (Phi) is 7.77. The first kappa shape index (κ1) is 26.9. The Morgan fingerprint density at radius 1 is 1.10 bits per heavy atom. The minimum atomic E-state index is -1.34. The third-order valence-electron chi connectivity index (χ3n) is 6.37. The Bertz CT molecular complexity index is 1520. The molecular weight excluding hydrogens is 522 g/mol. The third kappa shape index (κ3) is 5.66. The maximum atomic E-state index is 12.2. The molecule has 4 aromatic rings. The molecular formula is C27H27N5O8. The van der Waals surface area contributed by atoms with Crippen molar-refractivity contribution in [2.75, 3.05) is 19.0 Å². The second-order valence-corrected chi connectivity index (χ2v) is 9.01. The summed E-state index contributed by atoms with van der Waals surface area (Å²) < 4.78 is 17.6. The van der Waals surface area contributed by atoms with Crippen LogP contribution < -0.4 is 10.1 Å². The Morgan fingerprint density at radius 2 is 1.90 bits per heavy atom. The molecule has 1 aliphatic rings. The normalized spacial score (nSPS) is 20.7. The summed E-state index contributed by atoms with van der Waals surface area (Å²) in [5.41, 5.74) is 2.31. The number of imidazole rings is 1. The quantitative estimate of drug-likeness (QED) is 0.151. The zero-order valence-electron chi connectivity index (χ0n) is 21.3. The molecule has 0 radical (unpaired) electrons. The number of fused-ring (bicyclic) bond motifs is 1. The molecule has 0 amide bonds. The van der Waals surface area contributed by atoms with Crippen LogP contribution in [0.5, 0.6) is 17.2 Å². The van der Waals surface area contributed by atoms with Crippen molar-refractivity contribution in [1.29, 1.82) is 0 Å². The topological polar surface area (TPSA) is 181 Å². The minimum absolute atomic E-state index is 0.0265. The van der Waals surface area contributed by atoms with Crippen molar-refractivity contribution < 1.29 is 39.4 Å². The standard InChI is InChI=1S/C27H27N5O8/c1-38-19-10-15(4-8-18(19)34)5-9-21(35)39-12-20-23(36)24(37)27(40-20)32-14-31-22-25(29-13-30-26(22)32)28-11-16-2-6-17(33)7-3-16/h2-10,13-14,20,23-24,27,33-34,36-37H,11-12H2,1H3,(H,28,29,30)/b9-5+/t20-,23-,24-,27-/m1/s1. The number of carbonyl (C=O) groups is 1. The van der Waals surface area contributed by atoms with Gasteiger partial charge in [0, 0.05) is 12.6 Å². The zero-order chi connectivity index (χ0) is 28.2. The molecule has 4 atom stereocenters. The lowest BCUT2D eigenvalue weighted by molar-refractivity contribution is -0.144. The largest absolute Gasteiger partial charge is 0.508 e. The molecule has 1 aliphatic heterocycles. The number of anilines is 1. The molecule has 5 rings (SSSR count). The van der Waals surface area contributed by atoms with E-state index in [0.29, 0.717) is 29.1 Å². The fraction of sp³-hybridized carbons (Fsp3) is 0.259. The second kappa shape index (κ2) is 11.6. The van der Waals surface area contributed by atoms with Gasteiger partial charge < -0.3 is 40.0 Å². The average Bonchev–Trinajstić information content (AvgIpc) is 3.51. The number of hydrogen-bond acceptors (Lipinski definition) is 12. The van der Waals surface area contributed by atoms with E-state index in [2.05, 4.69) is 20.3 Å². The van der Waals surface area contributed by atoms with Crippen LogP contribution in [-0.4, -0.2) is 77.9 Å². The molecule has 13 nitrogen and oxygen atoms in total. The first-order valence-electron chi connectivity index (χ1n) is 12.3. The van der Waals surface area contributed by atoms with Gasteiger partial charge in [-0.2, -0.15) is 0 Å². The summed E-state index contributed by atoms with van der Waals surface area (Å²) in [5.74, 6) is 0.167. The molecule has 0 spiro atoms. The number of phenolic OH excluding ortho intramolecular Hbond substituents is 2. The van der Waals surface area contributed by atoms with Crippen LogP contribution in [0, 0.1) is 0 Å². The number of aliphatic hydroxyl groups is 2. The van der Waals surface area contributed by atoms with E-state index in [0.717, 1.165) is 5.56 Å². The van der Waals surface area contributed by atoms with Crippen molar-refractivity contribution >= 4 is 29.0 Å². The van der Waals surface area contributed by atoms with Crippen molar-refractivity contribution in [3.8, 4) is 17.2 Å². The summed E-state index contributed by atoms with van der Waals surface area (Å²) in [5, 5.41) is 43.6. The minimum Gasteiger partial charge on any atom is -0.508 e. The number of aromatic nitrogens is 4. The van der Waals surface area contributed by atoms with Gasteiger partial charge in [0.1, 0.15) is 37.0 Å². The molecule has 13 heteroatoms. The second-order valence-electron chi connectivity index (χ2n) is 9.01. The Hall–Kier alpha value is -4.72. The monoisotopic (exact) mass is 549 g/mol. The molecule has 40 heavy (non-hydrogen) atoms. The first-order chi connectivity index (χ1) is 19.3. The number of aliphatic hydroxyl groups excluding tert-OH is 2. The van der Waals surface area contributed by atoms with Crippen molar-refractivity contribution in [3.63, 3.8) is 0 Å². The summed E-state index contributed by atoms with van der Waals surface area (Å²) >= 11 is 0. The molecule has 2 aromatic carbocycles. The van der Waals surface area contributed by atoms with Gasteiger partial charge in [-0.25, -0.2) is 19.7 Å². The maximum absolute atomic E-state index is 12.2. The van der Waals surface area contributed by atoms with Crippen molar-refractivity contribution in [2.45, 2.75) is 31.1 Å². The lowest BCUT2D eigenvalue weighted by Crippen LogP contribution is -2.34. The molecule has 0 saturated carbocycles. The van der Waals surface area contributed by atoms with Crippen LogP contribution in [-0.2, 0) is 20.8 Å². The van der Waals surface area contributed by atoms with E-state index < -0.39 is 30.5 Å². The smallest absolute Gasteiger partial charge is 0.330 e. The fourth-order valence-electron chi connectivity index (χ4n) is 4.24. The number of aromatic hydroxyl groups is 2.